The van der Waals surface area contributed by atoms with Crippen molar-refractivity contribution in [1.29, 1.82) is 0 Å². The number of hydrogen-bond donors (Lipinski definition) is 1. The smallest absolute Gasteiger partial charge is 0.235 e. The third-order valence-corrected chi connectivity index (χ3v) is 18.4. The van der Waals surface area contributed by atoms with Crippen LogP contribution in [0.25, 0.3) is 0 Å². The SMILES string of the molecule is CCN1[Si]N[Si](C)(C)N(C)[Si]1(CC)CC. The van der Waals surface area contributed by atoms with E-state index in [4.69, 9.17) is 0 Å². The fourth-order valence-corrected chi connectivity index (χ4v) is 17.2. The lowest BCUT2D eigenvalue weighted by Gasteiger charge is -2.56. The van der Waals surface area contributed by atoms with E-state index in [-0.39, 0.29) is 0 Å². The van der Waals surface area contributed by atoms with Gasteiger partial charge in [0.1, 0.15) is 0 Å². The molecule has 1 heterocycles. The maximum Gasteiger partial charge on any atom is 0.235 e. The maximum atomic E-state index is 3.79. The van der Waals surface area contributed by atoms with Gasteiger partial charge >= 0.3 is 0 Å². The lowest BCUT2D eigenvalue weighted by Crippen LogP contribution is -2.82. The van der Waals surface area contributed by atoms with E-state index in [0.717, 1.165) is 9.84 Å². The Morgan fingerprint density at radius 1 is 1.13 bits per heavy atom. The molecule has 0 unspecified atom stereocenters. The minimum absolute atomic E-state index is 0.860. The van der Waals surface area contributed by atoms with Gasteiger partial charge in [-0.25, -0.2) is 0 Å². The molecule has 0 saturated carbocycles. The van der Waals surface area contributed by atoms with Crippen molar-refractivity contribution in [3.63, 3.8) is 0 Å². The number of rotatable bonds is 3. The third-order valence-electron chi connectivity index (χ3n) is 3.91. The van der Waals surface area contributed by atoms with Crippen LogP contribution < -0.4 is 4.65 Å². The second-order valence-corrected chi connectivity index (χ2v) is 15.8. The van der Waals surface area contributed by atoms with Crippen LogP contribution in [0.1, 0.15) is 20.8 Å². The number of hydrogen-bond acceptors (Lipinski definition) is 3. The molecule has 0 aromatic rings. The molecule has 15 heavy (non-hydrogen) atoms. The van der Waals surface area contributed by atoms with Crippen LogP contribution in [0.4, 0.5) is 0 Å². The van der Waals surface area contributed by atoms with E-state index in [0.29, 0.717) is 0 Å². The highest BCUT2D eigenvalue weighted by molar-refractivity contribution is 6.97. The standard InChI is InChI=1S/C9H25N3Si3/c1-7-12-13-10-14(5,6)11(4)15(12,8-2)9-3/h10H,7-9H2,1-6H3. The average molecular weight is 260 g/mol. The first-order chi connectivity index (χ1) is 6.94. The van der Waals surface area contributed by atoms with Crippen molar-refractivity contribution in [3.05, 3.63) is 0 Å². The second-order valence-electron chi connectivity index (χ2n) is 4.79. The fraction of sp³-hybridized carbons (Fsp3) is 1.00. The summed E-state index contributed by atoms with van der Waals surface area (Å²) in [6.07, 6.45) is 0. The van der Waals surface area contributed by atoms with Crippen LogP contribution in [0.5, 0.6) is 0 Å². The van der Waals surface area contributed by atoms with Crippen LogP contribution in [0.2, 0.25) is 25.2 Å². The van der Waals surface area contributed by atoms with E-state index in [1.165, 1.54) is 18.6 Å². The average Bonchev–Trinajstić information content (AvgIpc) is 2.22. The summed E-state index contributed by atoms with van der Waals surface area (Å²) in [6, 6.07) is 2.72. The monoisotopic (exact) mass is 259 g/mol. The molecule has 6 heteroatoms. The summed E-state index contributed by atoms with van der Waals surface area (Å²) in [5, 5.41) is 0. The van der Waals surface area contributed by atoms with Gasteiger partial charge in [-0.2, -0.15) is 0 Å². The molecule has 1 N–H and O–H groups in total. The summed E-state index contributed by atoms with van der Waals surface area (Å²) in [5.74, 6) is 0. The molecule has 0 spiro atoms. The van der Waals surface area contributed by atoms with E-state index in [1.54, 1.807) is 0 Å². The quantitative estimate of drug-likeness (QED) is 0.776. The van der Waals surface area contributed by atoms with Gasteiger partial charge < -0.3 is 13.1 Å². The summed E-state index contributed by atoms with van der Waals surface area (Å²) in [7, 11) is 0.592. The topological polar surface area (TPSA) is 18.5 Å². The molecule has 0 amide bonds. The van der Waals surface area contributed by atoms with Gasteiger partial charge in [0.25, 0.3) is 0 Å². The molecule has 1 rings (SSSR count). The fourth-order valence-electron chi connectivity index (χ4n) is 2.57. The van der Waals surface area contributed by atoms with Gasteiger partial charge in [-0.15, -0.1) is 0 Å². The van der Waals surface area contributed by atoms with Crippen LogP contribution in [0, 0.1) is 0 Å². The molecule has 2 radical (unpaired) electrons. The zero-order chi connectivity index (χ0) is 11.7. The minimum atomic E-state index is -1.32. The second kappa shape index (κ2) is 4.80. The molecule has 88 valence electrons. The van der Waals surface area contributed by atoms with Crippen molar-refractivity contribution in [1.82, 2.24) is 13.1 Å². The van der Waals surface area contributed by atoms with E-state index in [1.807, 2.05) is 0 Å². The Kier molecular flexibility index (Phi) is 4.35. The van der Waals surface area contributed by atoms with Gasteiger partial charge in [0.05, 0.1) is 0 Å². The first kappa shape index (κ1) is 13.6. The first-order valence-corrected chi connectivity index (χ1v) is 12.2. The molecule has 0 aromatic carbocycles. The van der Waals surface area contributed by atoms with Crippen molar-refractivity contribution in [2.45, 2.75) is 46.0 Å². The number of nitrogens with zero attached hydrogens (tertiary/aromatic N) is 2. The Morgan fingerprint density at radius 3 is 2.07 bits per heavy atom. The molecule has 0 aliphatic carbocycles. The highest BCUT2D eigenvalue weighted by Gasteiger charge is 2.50. The van der Waals surface area contributed by atoms with E-state index < -0.39 is 16.8 Å². The van der Waals surface area contributed by atoms with Crippen LogP contribution in [-0.2, 0) is 0 Å². The van der Waals surface area contributed by atoms with Crippen molar-refractivity contribution in [2.24, 2.45) is 0 Å². The molecule has 3 nitrogen and oxygen atoms in total. The summed E-state index contributed by atoms with van der Waals surface area (Å²) in [6.45, 7) is 13.2. The van der Waals surface area contributed by atoms with Gasteiger partial charge in [0.15, 0.2) is 16.8 Å². The maximum absolute atomic E-state index is 3.79. The Morgan fingerprint density at radius 2 is 1.67 bits per heavy atom. The van der Waals surface area contributed by atoms with Gasteiger partial charge in [-0.05, 0) is 38.8 Å². The van der Waals surface area contributed by atoms with E-state index in [9.17, 15) is 0 Å². The van der Waals surface area contributed by atoms with Crippen LogP contribution in [0.3, 0.4) is 0 Å². The molecule has 0 bridgehead atoms. The predicted molar refractivity (Wildman–Crippen MR) is 73.2 cm³/mol. The molecule has 1 fully saturated rings. The molecular weight excluding hydrogens is 234 g/mol. The third kappa shape index (κ3) is 2.16. The Hall–Kier alpha value is 0.531. The number of nitrogens with one attached hydrogen (secondary N) is 1. The van der Waals surface area contributed by atoms with Crippen molar-refractivity contribution < 1.29 is 0 Å². The normalized spacial score (nSPS) is 26.8. The summed E-state index contributed by atoms with van der Waals surface area (Å²) in [5.41, 5.74) is 0. The van der Waals surface area contributed by atoms with Crippen LogP contribution in [-0.4, -0.2) is 48.7 Å². The van der Waals surface area contributed by atoms with Crippen molar-refractivity contribution in [3.8, 4) is 0 Å². The highest BCUT2D eigenvalue weighted by atomic mass is 28.5. The molecule has 0 aromatic heterocycles. The summed E-state index contributed by atoms with van der Waals surface area (Å²) >= 11 is 0. The summed E-state index contributed by atoms with van der Waals surface area (Å²) in [4.78, 5) is 0. The predicted octanol–water partition coefficient (Wildman–Crippen LogP) is 1.56. The largest absolute Gasteiger partial charge is 0.336 e. The van der Waals surface area contributed by atoms with Crippen molar-refractivity contribution >= 4 is 26.6 Å². The van der Waals surface area contributed by atoms with Crippen LogP contribution in [0.15, 0.2) is 0 Å². The van der Waals surface area contributed by atoms with Gasteiger partial charge in [0, 0.05) is 0 Å². The molecule has 0 atom stereocenters. The zero-order valence-corrected chi connectivity index (χ0v) is 14.0. The van der Waals surface area contributed by atoms with Gasteiger partial charge in [-0.1, -0.05) is 20.8 Å². The molecular formula is C9H25N3Si3. The molecule has 1 aliphatic heterocycles. The van der Waals surface area contributed by atoms with Gasteiger partial charge in [0.2, 0.25) is 9.84 Å². The van der Waals surface area contributed by atoms with Crippen LogP contribution >= 0.6 is 0 Å². The Bertz CT molecular complexity index is 219. The van der Waals surface area contributed by atoms with Gasteiger partial charge in [-0.3, -0.25) is 0 Å². The van der Waals surface area contributed by atoms with E-state index in [2.05, 4.69) is 54.0 Å². The molecule has 1 aliphatic rings. The Labute approximate surface area is 99.5 Å². The Balaban J connectivity index is 3.02. The highest BCUT2D eigenvalue weighted by Crippen LogP contribution is 2.29. The summed E-state index contributed by atoms with van der Waals surface area (Å²) < 4.78 is 9.30. The van der Waals surface area contributed by atoms with Crippen molar-refractivity contribution in [2.75, 3.05) is 13.6 Å². The minimum Gasteiger partial charge on any atom is -0.336 e. The molecule has 1 saturated heterocycles. The zero-order valence-electron chi connectivity index (χ0n) is 11.0. The van der Waals surface area contributed by atoms with E-state index >= 15 is 0 Å². The lowest BCUT2D eigenvalue weighted by molar-refractivity contribution is 0.535. The lowest BCUT2D eigenvalue weighted by atomic mass is 10.8. The first-order valence-electron chi connectivity index (χ1n) is 5.99.